The molecule has 0 radical (unpaired) electrons. The van der Waals surface area contributed by atoms with Gasteiger partial charge in [0, 0.05) is 29.7 Å². The molecule has 0 saturated carbocycles. The number of aromatic nitrogens is 2. The Hall–Kier alpha value is -2.12. The lowest BCUT2D eigenvalue weighted by molar-refractivity contribution is 0.286. The van der Waals surface area contributed by atoms with E-state index >= 15 is 0 Å². The van der Waals surface area contributed by atoms with Gasteiger partial charge in [-0.05, 0) is 81.7 Å². The molecule has 0 aliphatic carbocycles. The molecule has 5 nitrogen and oxygen atoms in total. The molecule has 3 aromatic rings. The van der Waals surface area contributed by atoms with Crippen molar-refractivity contribution in [1.82, 2.24) is 24.7 Å². The maximum absolute atomic E-state index is 6.56. The largest absolute Gasteiger partial charge is 0.352 e. The Balaban J connectivity index is 1.76. The SMILES string of the molecule is CN(C)CCCN1C(=S)N[C@@H](c2ccccn2)[C@@H]1c1cccn1-c1ccc(Cl)cc1Cl. The molecule has 2 aromatic heterocycles. The Morgan fingerprint density at radius 3 is 2.68 bits per heavy atom. The quantitative estimate of drug-likeness (QED) is 0.482. The molecule has 0 amide bonds. The van der Waals surface area contributed by atoms with Gasteiger partial charge in [0.2, 0.25) is 0 Å². The molecule has 1 N–H and O–H groups in total. The number of hydrogen-bond acceptors (Lipinski definition) is 3. The first-order chi connectivity index (χ1) is 15.0. The van der Waals surface area contributed by atoms with Crippen molar-refractivity contribution in [2.75, 3.05) is 27.2 Å². The van der Waals surface area contributed by atoms with Crippen LogP contribution in [-0.2, 0) is 0 Å². The van der Waals surface area contributed by atoms with Gasteiger partial charge in [-0.15, -0.1) is 0 Å². The Morgan fingerprint density at radius 1 is 1.13 bits per heavy atom. The Morgan fingerprint density at radius 2 is 1.97 bits per heavy atom. The van der Waals surface area contributed by atoms with Gasteiger partial charge in [0.15, 0.2) is 5.11 Å². The molecule has 1 saturated heterocycles. The number of pyridine rings is 1. The van der Waals surface area contributed by atoms with Crippen molar-refractivity contribution in [2.24, 2.45) is 0 Å². The predicted molar refractivity (Wildman–Crippen MR) is 131 cm³/mol. The van der Waals surface area contributed by atoms with Crippen LogP contribution in [0.4, 0.5) is 0 Å². The molecule has 8 heteroatoms. The molecule has 0 unspecified atom stereocenters. The summed E-state index contributed by atoms with van der Waals surface area (Å²) in [4.78, 5) is 9.08. The second-order valence-corrected chi connectivity index (χ2v) is 9.11. The lowest BCUT2D eigenvalue weighted by Gasteiger charge is -2.29. The standard InChI is InChI=1S/C23H25Cl2N5S/c1-28(2)12-6-14-30-22(21(27-23(30)31)18-7-3-4-11-26-18)20-8-5-13-29(20)19-10-9-16(24)15-17(19)25/h3-5,7-11,13,15,21-22H,6,12,14H2,1-2H3,(H,27,31)/t21-,22-/m0/s1. The highest BCUT2D eigenvalue weighted by molar-refractivity contribution is 7.80. The third kappa shape index (κ3) is 4.72. The van der Waals surface area contributed by atoms with Crippen molar-refractivity contribution in [3.63, 3.8) is 0 Å². The third-order valence-corrected chi connectivity index (χ3v) is 6.34. The van der Waals surface area contributed by atoms with E-state index in [-0.39, 0.29) is 12.1 Å². The molecule has 3 heterocycles. The van der Waals surface area contributed by atoms with Crippen LogP contribution in [0.2, 0.25) is 10.0 Å². The Labute approximate surface area is 198 Å². The molecule has 4 rings (SSSR count). The van der Waals surface area contributed by atoms with Crippen LogP contribution in [0.3, 0.4) is 0 Å². The first-order valence-corrected chi connectivity index (χ1v) is 11.4. The molecule has 31 heavy (non-hydrogen) atoms. The number of nitrogens with zero attached hydrogens (tertiary/aromatic N) is 4. The minimum absolute atomic E-state index is 0.0219. The van der Waals surface area contributed by atoms with Crippen molar-refractivity contribution in [2.45, 2.75) is 18.5 Å². The van der Waals surface area contributed by atoms with Crippen LogP contribution in [0.5, 0.6) is 0 Å². The summed E-state index contributed by atoms with van der Waals surface area (Å²) in [6.45, 7) is 1.83. The van der Waals surface area contributed by atoms with E-state index in [2.05, 4.69) is 44.8 Å². The highest BCUT2D eigenvalue weighted by Gasteiger charge is 2.41. The van der Waals surface area contributed by atoms with E-state index in [4.69, 9.17) is 35.4 Å². The minimum atomic E-state index is -0.0622. The number of hydrogen-bond donors (Lipinski definition) is 1. The molecular weight excluding hydrogens is 449 g/mol. The number of rotatable bonds is 7. The molecule has 0 spiro atoms. The average Bonchev–Trinajstić information content (AvgIpc) is 3.33. The van der Waals surface area contributed by atoms with Gasteiger partial charge in [-0.25, -0.2) is 0 Å². The van der Waals surface area contributed by atoms with Crippen LogP contribution in [0.15, 0.2) is 60.9 Å². The highest BCUT2D eigenvalue weighted by atomic mass is 35.5. The van der Waals surface area contributed by atoms with E-state index in [1.54, 1.807) is 6.07 Å². The maximum atomic E-state index is 6.56. The van der Waals surface area contributed by atoms with Crippen LogP contribution in [0.1, 0.15) is 29.9 Å². The van der Waals surface area contributed by atoms with E-state index in [0.717, 1.165) is 41.7 Å². The van der Waals surface area contributed by atoms with E-state index in [0.29, 0.717) is 10.0 Å². The fraction of sp³-hybridized carbons (Fsp3) is 0.304. The summed E-state index contributed by atoms with van der Waals surface area (Å²) >= 11 is 18.5. The molecule has 162 valence electrons. The second-order valence-electron chi connectivity index (χ2n) is 7.88. The van der Waals surface area contributed by atoms with Gasteiger partial charge >= 0.3 is 0 Å². The second kappa shape index (κ2) is 9.57. The van der Waals surface area contributed by atoms with Gasteiger partial charge in [0.1, 0.15) is 0 Å². The molecule has 1 aliphatic rings. The molecule has 1 aliphatic heterocycles. The normalized spacial score (nSPS) is 18.6. The summed E-state index contributed by atoms with van der Waals surface area (Å²) in [5.41, 5.74) is 2.94. The summed E-state index contributed by atoms with van der Waals surface area (Å²) in [7, 11) is 4.17. The van der Waals surface area contributed by atoms with E-state index in [1.165, 1.54) is 0 Å². The molecule has 1 fully saturated rings. The first-order valence-electron chi connectivity index (χ1n) is 10.2. The number of thiocarbonyl (C=S) groups is 1. The minimum Gasteiger partial charge on any atom is -0.352 e. The van der Waals surface area contributed by atoms with E-state index < -0.39 is 0 Å². The lowest BCUT2D eigenvalue weighted by atomic mass is 10.0. The molecule has 1 aromatic carbocycles. The summed E-state index contributed by atoms with van der Waals surface area (Å²) in [5.74, 6) is 0. The number of halogens is 2. The zero-order valence-corrected chi connectivity index (χ0v) is 19.8. The summed E-state index contributed by atoms with van der Waals surface area (Å²) in [6, 6.07) is 15.6. The summed E-state index contributed by atoms with van der Waals surface area (Å²) < 4.78 is 2.12. The van der Waals surface area contributed by atoms with Crippen molar-refractivity contribution in [3.8, 4) is 5.69 Å². The Bertz CT molecular complexity index is 1050. The summed E-state index contributed by atoms with van der Waals surface area (Å²) in [6.07, 6.45) is 4.85. The maximum Gasteiger partial charge on any atom is 0.170 e. The van der Waals surface area contributed by atoms with Crippen molar-refractivity contribution < 1.29 is 0 Å². The van der Waals surface area contributed by atoms with Crippen molar-refractivity contribution in [3.05, 3.63) is 82.4 Å². The molecule has 0 bridgehead atoms. The van der Waals surface area contributed by atoms with Crippen LogP contribution >= 0.6 is 35.4 Å². The molecule has 2 atom stereocenters. The van der Waals surface area contributed by atoms with Gasteiger partial charge in [0.25, 0.3) is 0 Å². The topological polar surface area (TPSA) is 36.3 Å². The zero-order chi connectivity index (χ0) is 22.0. The predicted octanol–water partition coefficient (Wildman–Crippen LogP) is 5.10. The lowest BCUT2D eigenvalue weighted by Crippen LogP contribution is -2.33. The monoisotopic (exact) mass is 473 g/mol. The highest BCUT2D eigenvalue weighted by Crippen LogP contribution is 2.40. The Kier molecular flexibility index (Phi) is 6.82. The third-order valence-electron chi connectivity index (χ3n) is 5.45. The number of benzene rings is 1. The van der Waals surface area contributed by atoms with Crippen LogP contribution in [0, 0.1) is 0 Å². The van der Waals surface area contributed by atoms with Crippen molar-refractivity contribution >= 4 is 40.5 Å². The van der Waals surface area contributed by atoms with E-state index in [1.807, 2.05) is 48.8 Å². The fourth-order valence-electron chi connectivity index (χ4n) is 4.06. The fourth-order valence-corrected chi connectivity index (χ4v) is 4.89. The zero-order valence-electron chi connectivity index (χ0n) is 17.5. The van der Waals surface area contributed by atoms with Crippen LogP contribution in [-0.4, -0.2) is 51.6 Å². The van der Waals surface area contributed by atoms with Crippen LogP contribution < -0.4 is 5.32 Å². The van der Waals surface area contributed by atoms with Crippen molar-refractivity contribution in [1.29, 1.82) is 0 Å². The van der Waals surface area contributed by atoms with Gasteiger partial charge in [0.05, 0.1) is 28.5 Å². The van der Waals surface area contributed by atoms with E-state index in [9.17, 15) is 0 Å². The van der Waals surface area contributed by atoms with Gasteiger partial charge in [-0.2, -0.15) is 0 Å². The summed E-state index contributed by atoms with van der Waals surface area (Å²) in [5, 5.41) is 5.48. The first kappa shape index (κ1) is 22.1. The van der Waals surface area contributed by atoms with Crippen LogP contribution in [0.25, 0.3) is 5.69 Å². The number of nitrogens with one attached hydrogen (secondary N) is 1. The van der Waals surface area contributed by atoms with Gasteiger partial charge in [-0.1, -0.05) is 29.3 Å². The smallest absolute Gasteiger partial charge is 0.170 e. The average molecular weight is 474 g/mol. The van der Waals surface area contributed by atoms with Gasteiger partial charge in [-0.3, -0.25) is 4.98 Å². The molecular formula is C23H25Cl2N5S. The van der Waals surface area contributed by atoms with Gasteiger partial charge < -0.3 is 19.7 Å².